The highest BCUT2D eigenvalue weighted by Gasteiger charge is 2.21. The molecule has 0 radical (unpaired) electrons. The fourth-order valence-electron chi connectivity index (χ4n) is 3.33. The quantitative estimate of drug-likeness (QED) is 0.563. The Labute approximate surface area is 167 Å². The zero-order chi connectivity index (χ0) is 20.5. The molecule has 0 atom stereocenters. The second kappa shape index (κ2) is 7.24. The van der Waals surface area contributed by atoms with E-state index in [9.17, 15) is 4.79 Å². The first kappa shape index (κ1) is 18.4. The van der Waals surface area contributed by atoms with E-state index < -0.39 is 0 Å². The molecule has 0 fully saturated rings. The third-order valence-corrected chi connectivity index (χ3v) is 4.69. The first-order valence-electron chi connectivity index (χ1n) is 9.08. The number of rotatable bonds is 4. The van der Waals surface area contributed by atoms with Crippen molar-refractivity contribution in [3.05, 3.63) is 70.3 Å². The number of furan rings is 1. The molecule has 0 saturated carbocycles. The Hall–Kier alpha value is -3.92. The summed E-state index contributed by atoms with van der Waals surface area (Å²) in [7, 11) is 0. The van der Waals surface area contributed by atoms with Crippen LogP contribution in [0.25, 0.3) is 22.4 Å². The molecule has 7 heteroatoms. The summed E-state index contributed by atoms with van der Waals surface area (Å²) in [4.78, 5) is 17.5. The van der Waals surface area contributed by atoms with Crippen molar-refractivity contribution in [3.8, 4) is 17.3 Å². The van der Waals surface area contributed by atoms with Crippen molar-refractivity contribution < 1.29 is 13.7 Å². The van der Waals surface area contributed by atoms with Crippen molar-refractivity contribution in [3.63, 3.8) is 0 Å². The van der Waals surface area contributed by atoms with E-state index in [0.717, 1.165) is 16.9 Å². The van der Waals surface area contributed by atoms with E-state index in [1.807, 2.05) is 26.0 Å². The third kappa shape index (κ3) is 3.48. The van der Waals surface area contributed by atoms with E-state index in [1.165, 1.54) is 0 Å². The van der Waals surface area contributed by atoms with E-state index >= 15 is 0 Å². The molecule has 0 spiro atoms. The van der Waals surface area contributed by atoms with E-state index in [0.29, 0.717) is 45.9 Å². The summed E-state index contributed by atoms with van der Waals surface area (Å²) in [6.45, 7) is 5.77. The van der Waals surface area contributed by atoms with Gasteiger partial charge in [0.05, 0.1) is 34.0 Å². The number of aryl methyl sites for hydroxylation is 3. The molecular formula is C22H18N4O3. The monoisotopic (exact) mass is 386 g/mol. The number of nitrogens with one attached hydrogen (secondary N) is 1. The maximum absolute atomic E-state index is 13.0. The maximum Gasteiger partial charge on any atom is 0.259 e. The van der Waals surface area contributed by atoms with Gasteiger partial charge < -0.3 is 14.3 Å². The van der Waals surface area contributed by atoms with Crippen LogP contribution in [-0.4, -0.2) is 16.0 Å². The molecule has 1 N–H and O–H groups in total. The Bertz CT molecular complexity index is 1280. The minimum absolute atomic E-state index is 0.273. The molecule has 0 aliphatic rings. The van der Waals surface area contributed by atoms with Crippen LogP contribution in [0.15, 0.2) is 45.3 Å². The van der Waals surface area contributed by atoms with Gasteiger partial charge in [-0.3, -0.25) is 4.79 Å². The average Bonchev–Trinajstić information content (AvgIpc) is 3.27. The van der Waals surface area contributed by atoms with Crippen molar-refractivity contribution in [2.75, 3.05) is 0 Å². The summed E-state index contributed by atoms with van der Waals surface area (Å²) in [5.41, 5.74) is 4.09. The fourth-order valence-corrected chi connectivity index (χ4v) is 3.33. The molecule has 144 valence electrons. The lowest BCUT2D eigenvalue weighted by Crippen LogP contribution is -2.23. The lowest BCUT2D eigenvalue weighted by atomic mass is 10.0. The van der Waals surface area contributed by atoms with Gasteiger partial charge in [0.1, 0.15) is 11.5 Å². The average molecular weight is 386 g/mol. The zero-order valence-electron chi connectivity index (χ0n) is 16.2. The van der Waals surface area contributed by atoms with Gasteiger partial charge >= 0.3 is 0 Å². The second-order valence-electron chi connectivity index (χ2n) is 6.82. The summed E-state index contributed by atoms with van der Waals surface area (Å²) in [6, 6.07) is 12.8. The number of pyridine rings is 1. The summed E-state index contributed by atoms with van der Waals surface area (Å²) >= 11 is 0. The van der Waals surface area contributed by atoms with Crippen LogP contribution in [-0.2, 0) is 6.54 Å². The van der Waals surface area contributed by atoms with Crippen LogP contribution in [0, 0.1) is 32.1 Å². The van der Waals surface area contributed by atoms with Crippen LogP contribution < -0.4 is 5.32 Å². The fraction of sp³-hybridized carbons (Fsp3) is 0.182. The third-order valence-electron chi connectivity index (χ3n) is 4.69. The number of hydrogen-bond acceptors (Lipinski definition) is 6. The maximum atomic E-state index is 13.0. The standard InChI is InChI=1S/C22H18N4O3/c1-12-7-17(14(3)28-12)19-9-18(20-13(2)26-29-22(20)25-19)21(27)24-11-16-6-4-5-15(8-16)10-23/h4-9H,11H2,1-3H3,(H,24,27). The van der Waals surface area contributed by atoms with Crippen LogP contribution in [0.2, 0.25) is 0 Å². The first-order chi connectivity index (χ1) is 14.0. The van der Waals surface area contributed by atoms with Crippen LogP contribution in [0.3, 0.4) is 0 Å². The van der Waals surface area contributed by atoms with Gasteiger partial charge in [-0.2, -0.15) is 5.26 Å². The van der Waals surface area contributed by atoms with Gasteiger partial charge in [0, 0.05) is 12.1 Å². The van der Waals surface area contributed by atoms with Crippen molar-refractivity contribution in [1.82, 2.24) is 15.5 Å². The normalized spacial score (nSPS) is 10.8. The largest absolute Gasteiger partial charge is 0.466 e. The van der Waals surface area contributed by atoms with Gasteiger partial charge in [-0.1, -0.05) is 17.3 Å². The smallest absolute Gasteiger partial charge is 0.259 e. The highest BCUT2D eigenvalue weighted by molar-refractivity contribution is 6.07. The summed E-state index contributed by atoms with van der Waals surface area (Å²) < 4.78 is 10.9. The number of carbonyl (C=O) groups excluding carboxylic acids is 1. The minimum atomic E-state index is -0.273. The van der Waals surface area contributed by atoms with Crippen LogP contribution >= 0.6 is 0 Å². The van der Waals surface area contributed by atoms with Gasteiger partial charge in [-0.25, -0.2) is 4.98 Å². The van der Waals surface area contributed by atoms with Gasteiger partial charge in [0.2, 0.25) is 0 Å². The molecule has 0 aliphatic heterocycles. The molecule has 3 aromatic heterocycles. The molecule has 4 aromatic rings. The molecule has 0 saturated heterocycles. The van der Waals surface area contributed by atoms with Gasteiger partial charge in [-0.05, 0) is 50.6 Å². The topological polar surface area (TPSA) is 105 Å². The van der Waals surface area contributed by atoms with Gasteiger partial charge in [-0.15, -0.1) is 0 Å². The van der Waals surface area contributed by atoms with E-state index in [-0.39, 0.29) is 5.91 Å². The molecule has 29 heavy (non-hydrogen) atoms. The van der Waals surface area contributed by atoms with Crippen molar-refractivity contribution in [2.24, 2.45) is 0 Å². The predicted octanol–water partition coefficient (Wildman–Crippen LogP) is 4.21. The minimum Gasteiger partial charge on any atom is -0.466 e. The number of amides is 1. The first-order valence-corrected chi connectivity index (χ1v) is 9.08. The van der Waals surface area contributed by atoms with Crippen LogP contribution in [0.1, 0.15) is 38.7 Å². The molecule has 0 bridgehead atoms. The number of nitriles is 1. The lowest BCUT2D eigenvalue weighted by Gasteiger charge is -2.08. The summed E-state index contributed by atoms with van der Waals surface area (Å²) in [5, 5.41) is 16.5. The molecule has 1 amide bonds. The van der Waals surface area contributed by atoms with E-state index in [2.05, 4.69) is 21.5 Å². The molecule has 1 aromatic carbocycles. The Kier molecular flexibility index (Phi) is 4.61. The predicted molar refractivity (Wildman–Crippen MR) is 106 cm³/mol. The van der Waals surface area contributed by atoms with E-state index in [4.69, 9.17) is 14.2 Å². The number of aromatic nitrogens is 2. The number of fused-ring (bicyclic) bond motifs is 1. The van der Waals surface area contributed by atoms with Gasteiger partial charge in [0.25, 0.3) is 11.6 Å². The molecule has 0 unspecified atom stereocenters. The molecule has 4 rings (SSSR count). The van der Waals surface area contributed by atoms with Crippen LogP contribution in [0.5, 0.6) is 0 Å². The van der Waals surface area contributed by atoms with E-state index in [1.54, 1.807) is 31.2 Å². The van der Waals surface area contributed by atoms with Crippen molar-refractivity contribution >= 4 is 17.0 Å². The summed E-state index contributed by atoms with van der Waals surface area (Å²) in [6.07, 6.45) is 0. The number of carbonyl (C=O) groups is 1. The molecule has 0 aliphatic carbocycles. The summed E-state index contributed by atoms with van der Waals surface area (Å²) in [5.74, 6) is 1.20. The molecular weight excluding hydrogens is 368 g/mol. The number of nitrogens with zero attached hydrogens (tertiary/aromatic N) is 3. The zero-order valence-corrected chi connectivity index (χ0v) is 16.2. The van der Waals surface area contributed by atoms with Crippen molar-refractivity contribution in [1.29, 1.82) is 5.26 Å². The Balaban J connectivity index is 1.71. The number of benzene rings is 1. The lowest BCUT2D eigenvalue weighted by molar-refractivity contribution is 0.0952. The molecule has 7 nitrogen and oxygen atoms in total. The Morgan fingerprint density at radius 1 is 1.21 bits per heavy atom. The molecule has 3 heterocycles. The second-order valence-corrected chi connectivity index (χ2v) is 6.82. The number of hydrogen-bond donors (Lipinski definition) is 1. The SMILES string of the molecule is Cc1cc(-c2cc(C(=O)NCc3cccc(C#N)c3)c3c(C)noc3n2)c(C)o1. The van der Waals surface area contributed by atoms with Crippen LogP contribution in [0.4, 0.5) is 0 Å². The Morgan fingerprint density at radius 3 is 2.76 bits per heavy atom. The Morgan fingerprint density at radius 2 is 2.03 bits per heavy atom. The van der Waals surface area contributed by atoms with Crippen molar-refractivity contribution in [2.45, 2.75) is 27.3 Å². The highest BCUT2D eigenvalue weighted by Crippen LogP contribution is 2.30. The highest BCUT2D eigenvalue weighted by atomic mass is 16.5. The van der Waals surface area contributed by atoms with Gasteiger partial charge in [0.15, 0.2) is 0 Å².